The van der Waals surface area contributed by atoms with Gasteiger partial charge in [-0.2, -0.15) is 0 Å². The first kappa shape index (κ1) is 24.9. The fourth-order valence-corrected chi connectivity index (χ4v) is 5.87. The molecule has 3 aliphatic heterocycles. The Labute approximate surface area is 230 Å². The van der Waals surface area contributed by atoms with E-state index in [2.05, 4.69) is 42.4 Å². The maximum absolute atomic E-state index is 13.6. The van der Waals surface area contributed by atoms with E-state index in [9.17, 15) is 4.79 Å². The lowest BCUT2D eigenvalue weighted by atomic mass is 10.0. The number of nitrogens with zero attached hydrogens (tertiary/aromatic N) is 6. The zero-order chi connectivity index (χ0) is 27.1. The highest BCUT2D eigenvalue weighted by molar-refractivity contribution is 5.83. The summed E-state index contributed by atoms with van der Waals surface area (Å²) in [6.45, 7) is 4.50. The van der Waals surface area contributed by atoms with Crippen LogP contribution in [0.4, 0.5) is 5.69 Å². The van der Waals surface area contributed by atoms with Gasteiger partial charge < -0.3 is 28.8 Å². The van der Waals surface area contributed by atoms with Crippen molar-refractivity contribution in [2.24, 2.45) is 0 Å². The van der Waals surface area contributed by atoms with E-state index in [1.807, 2.05) is 30.3 Å². The van der Waals surface area contributed by atoms with Crippen LogP contribution in [0.3, 0.4) is 0 Å². The highest BCUT2D eigenvalue weighted by Gasteiger charge is 2.34. The van der Waals surface area contributed by atoms with E-state index in [4.69, 9.17) is 18.9 Å². The number of nitrogens with one attached hydrogen (secondary N) is 1. The molecule has 7 rings (SSSR count). The molecule has 2 atom stereocenters. The molecule has 1 N–H and O–H groups in total. The van der Waals surface area contributed by atoms with Crippen molar-refractivity contribution in [2.75, 3.05) is 51.6 Å². The normalized spacial score (nSPS) is 19.8. The molecule has 2 fully saturated rings. The van der Waals surface area contributed by atoms with Gasteiger partial charge in [-0.3, -0.25) is 9.69 Å². The van der Waals surface area contributed by atoms with Crippen molar-refractivity contribution >= 4 is 16.6 Å². The van der Waals surface area contributed by atoms with Gasteiger partial charge in [0, 0.05) is 55.5 Å². The van der Waals surface area contributed by atoms with Crippen molar-refractivity contribution < 1.29 is 18.9 Å². The number of aromatic nitrogens is 5. The largest absolute Gasteiger partial charge is 0.497 e. The molecule has 2 aromatic heterocycles. The van der Waals surface area contributed by atoms with Crippen LogP contribution in [0.2, 0.25) is 0 Å². The van der Waals surface area contributed by atoms with Crippen LogP contribution in [0.15, 0.2) is 47.3 Å². The SMILES string of the molecule is COc1ccc(N2CCN([C@H](c3cc4cc5c(cc4[nH]c3=O)OCO5)c3nnnn3C[C@@H]3CCCO3)CC2)cc1. The third-order valence-electron chi connectivity index (χ3n) is 7.98. The van der Waals surface area contributed by atoms with Crippen LogP contribution in [0, 0.1) is 0 Å². The summed E-state index contributed by atoms with van der Waals surface area (Å²) in [5.41, 5.74) is 2.24. The van der Waals surface area contributed by atoms with Gasteiger partial charge >= 0.3 is 0 Å². The average Bonchev–Trinajstić information content (AvgIpc) is 3.76. The van der Waals surface area contributed by atoms with E-state index < -0.39 is 6.04 Å². The molecule has 0 saturated carbocycles. The van der Waals surface area contributed by atoms with Gasteiger partial charge in [0.2, 0.25) is 6.79 Å². The third-order valence-corrected chi connectivity index (χ3v) is 7.98. The Morgan fingerprint density at radius 3 is 2.62 bits per heavy atom. The van der Waals surface area contributed by atoms with E-state index in [0.717, 1.165) is 62.5 Å². The van der Waals surface area contributed by atoms with Crippen LogP contribution in [-0.4, -0.2) is 82.9 Å². The predicted molar refractivity (Wildman–Crippen MR) is 146 cm³/mol. The molecule has 0 spiro atoms. The number of hydrogen-bond donors (Lipinski definition) is 1. The van der Waals surface area contributed by atoms with Gasteiger partial charge in [-0.1, -0.05) is 0 Å². The summed E-state index contributed by atoms with van der Waals surface area (Å²) in [4.78, 5) is 21.3. The first-order chi connectivity index (χ1) is 19.7. The summed E-state index contributed by atoms with van der Waals surface area (Å²) in [6.07, 6.45) is 2.05. The lowest BCUT2D eigenvalue weighted by Crippen LogP contribution is -2.49. The Morgan fingerprint density at radius 1 is 1.07 bits per heavy atom. The Morgan fingerprint density at radius 2 is 1.88 bits per heavy atom. The monoisotopic (exact) mass is 545 g/mol. The summed E-state index contributed by atoms with van der Waals surface area (Å²) in [5.74, 6) is 2.76. The predicted octanol–water partition coefficient (Wildman–Crippen LogP) is 2.34. The maximum Gasteiger partial charge on any atom is 0.253 e. The van der Waals surface area contributed by atoms with E-state index in [1.54, 1.807) is 11.8 Å². The quantitative estimate of drug-likeness (QED) is 0.371. The van der Waals surface area contributed by atoms with Gasteiger partial charge in [-0.15, -0.1) is 5.10 Å². The lowest BCUT2D eigenvalue weighted by molar-refractivity contribution is 0.0906. The molecule has 0 radical (unpaired) electrons. The molecule has 0 amide bonds. The standard InChI is InChI=1S/C28H31N7O5/c1-37-20-6-4-19(5-7-20)33-8-10-34(11-9-33)26(27-30-31-32-35(27)16-21-3-2-12-38-21)22-13-18-14-24-25(40-17-39-24)15-23(18)29-28(22)36/h4-7,13-15,21,26H,2-3,8-12,16-17H2,1H3,(H,29,36)/t21-,26+/m0/s1. The second-order valence-corrected chi connectivity index (χ2v) is 10.3. The highest BCUT2D eigenvalue weighted by atomic mass is 16.7. The van der Waals surface area contributed by atoms with Crippen molar-refractivity contribution in [2.45, 2.75) is 31.5 Å². The van der Waals surface area contributed by atoms with Crippen molar-refractivity contribution in [1.29, 1.82) is 0 Å². The highest BCUT2D eigenvalue weighted by Crippen LogP contribution is 2.36. The van der Waals surface area contributed by atoms with Crippen molar-refractivity contribution in [3.05, 3.63) is 64.2 Å². The molecule has 12 heteroatoms. The van der Waals surface area contributed by atoms with Gasteiger partial charge in [0.1, 0.15) is 11.8 Å². The number of anilines is 1. The second-order valence-electron chi connectivity index (χ2n) is 10.3. The lowest BCUT2D eigenvalue weighted by Gasteiger charge is -2.39. The number of fused-ring (bicyclic) bond motifs is 2. The fourth-order valence-electron chi connectivity index (χ4n) is 5.87. The number of ether oxygens (including phenoxy) is 4. The number of piperazine rings is 1. The molecule has 2 aromatic carbocycles. The van der Waals surface area contributed by atoms with Crippen molar-refractivity contribution in [1.82, 2.24) is 30.1 Å². The van der Waals surface area contributed by atoms with Crippen LogP contribution < -0.4 is 24.7 Å². The van der Waals surface area contributed by atoms with Crippen molar-refractivity contribution in [3.8, 4) is 17.2 Å². The first-order valence-electron chi connectivity index (χ1n) is 13.6. The van der Waals surface area contributed by atoms with Crippen LogP contribution in [0.1, 0.15) is 30.3 Å². The van der Waals surface area contributed by atoms with Crippen LogP contribution in [0.5, 0.6) is 17.2 Å². The molecule has 5 heterocycles. The minimum absolute atomic E-state index is 0.0597. The maximum atomic E-state index is 13.6. The number of pyridine rings is 1. The summed E-state index contributed by atoms with van der Waals surface area (Å²) < 4.78 is 24.1. The molecule has 4 aromatic rings. The van der Waals surface area contributed by atoms with E-state index in [1.165, 1.54) is 0 Å². The summed E-state index contributed by atoms with van der Waals surface area (Å²) in [5, 5.41) is 13.7. The molecule has 208 valence electrons. The first-order valence-corrected chi connectivity index (χ1v) is 13.6. The molecule has 12 nitrogen and oxygen atoms in total. The minimum Gasteiger partial charge on any atom is -0.497 e. The second kappa shape index (κ2) is 10.4. The van der Waals surface area contributed by atoms with Gasteiger partial charge in [0.15, 0.2) is 17.3 Å². The molecule has 2 saturated heterocycles. The summed E-state index contributed by atoms with van der Waals surface area (Å²) in [7, 11) is 1.67. The van der Waals surface area contributed by atoms with Crippen LogP contribution >= 0.6 is 0 Å². The number of rotatable bonds is 7. The Balaban J connectivity index is 1.24. The Bertz CT molecular complexity index is 1560. The third kappa shape index (κ3) is 4.62. The number of aromatic amines is 1. The summed E-state index contributed by atoms with van der Waals surface area (Å²) >= 11 is 0. The Kier molecular flexibility index (Phi) is 6.48. The zero-order valence-corrected chi connectivity index (χ0v) is 22.3. The van der Waals surface area contributed by atoms with Crippen LogP contribution in [-0.2, 0) is 11.3 Å². The van der Waals surface area contributed by atoms with Gasteiger partial charge in [-0.05, 0) is 59.7 Å². The van der Waals surface area contributed by atoms with E-state index in [0.29, 0.717) is 34.9 Å². The van der Waals surface area contributed by atoms with Crippen LogP contribution in [0.25, 0.3) is 10.9 Å². The molecule has 3 aliphatic rings. The smallest absolute Gasteiger partial charge is 0.253 e. The molecule has 40 heavy (non-hydrogen) atoms. The summed E-state index contributed by atoms with van der Waals surface area (Å²) in [6, 6.07) is 13.3. The number of H-pyrrole nitrogens is 1. The molecular weight excluding hydrogens is 514 g/mol. The molecule has 0 aliphatic carbocycles. The number of hydrogen-bond acceptors (Lipinski definition) is 10. The molecular formula is C28H31N7O5. The Hall–Kier alpha value is -4.16. The molecule has 0 bridgehead atoms. The van der Waals surface area contributed by atoms with Crippen molar-refractivity contribution in [3.63, 3.8) is 0 Å². The van der Waals surface area contributed by atoms with Gasteiger partial charge in [0.05, 0.1) is 25.3 Å². The fraction of sp³-hybridized carbons (Fsp3) is 0.429. The van der Waals surface area contributed by atoms with E-state index in [-0.39, 0.29) is 18.5 Å². The number of tetrazole rings is 1. The topological polar surface area (TPSA) is 120 Å². The van der Waals surface area contributed by atoms with E-state index >= 15 is 0 Å². The van der Waals surface area contributed by atoms with Gasteiger partial charge in [0.25, 0.3) is 5.56 Å². The zero-order valence-electron chi connectivity index (χ0n) is 22.3. The van der Waals surface area contributed by atoms with Gasteiger partial charge in [-0.25, -0.2) is 4.68 Å². The number of benzene rings is 2. The minimum atomic E-state index is -0.437. The molecule has 0 unspecified atom stereocenters. The number of methoxy groups -OCH3 is 1. The average molecular weight is 546 g/mol.